The lowest BCUT2D eigenvalue weighted by atomic mass is 9.97. The van der Waals surface area contributed by atoms with Gasteiger partial charge in [-0.05, 0) is 51.8 Å². The van der Waals surface area contributed by atoms with Crippen LogP contribution in [0.2, 0.25) is 5.02 Å². The Hall–Kier alpha value is -4.01. The highest BCUT2D eigenvalue weighted by Crippen LogP contribution is 2.46. The normalized spacial score (nSPS) is 20.0. The number of rotatable bonds is 8. The van der Waals surface area contributed by atoms with Gasteiger partial charge in [0.15, 0.2) is 5.82 Å². The first kappa shape index (κ1) is 36.8. The maximum Gasteiger partial charge on any atom is 0.412 e. The van der Waals surface area contributed by atoms with Gasteiger partial charge in [0.05, 0.1) is 41.6 Å². The van der Waals surface area contributed by atoms with E-state index in [1.54, 1.807) is 37.5 Å². The molecule has 272 valence electrons. The summed E-state index contributed by atoms with van der Waals surface area (Å²) >= 11 is 7.60. The zero-order valence-corrected chi connectivity index (χ0v) is 29.7. The first-order valence-corrected chi connectivity index (χ1v) is 17.3. The van der Waals surface area contributed by atoms with Crippen LogP contribution < -0.4 is 15.0 Å². The molecule has 2 aromatic heterocycles. The summed E-state index contributed by atoms with van der Waals surface area (Å²) in [5.41, 5.74) is -2.64. The third kappa shape index (κ3) is 7.77. The Morgan fingerprint density at radius 2 is 2.06 bits per heavy atom. The van der Waals surface area contributed by atoms with Gasteiger partial charge in [-0.3, -0.25) is 10.2 Å². The fourth-order valence-corrected chi connectivity index (χ4v) is 7.50. The van der Waals surface area contributed by atoms with Crippen LogP contribution in [0.5, 0.6) is 6.01 Å². The number of ether oxygens (including phenoxy) is 3. The largest absolute Gasteiger partial charge is 0.462 e. The van der Waals surface area contributed by atoms with Crippen molar-refractivity contribution in [3.63, 3.8) is 0 Å². The van der Waals surface area contributed by atoms with E-state index in [2.05, 4.69) is 15.3 Å². The molecule has 0 saturated carbocycles. The first-order valence-electron chi connectivity index (χ1n) is 16.1. The molecule has 2 aromatic carbocycles. The number of hydrogen-bond acceptors (Lipinski definition) is 11. The van der Waals surface area contributed by atoms with E-state index >= 15 is 8.78 Å². The van der Waals surface area contributed by atoms with Crippen molar-refractivity contribution in [3.8, 4) is 23.2 Å². The molecule has 6 rings (SSSR count). The van der Waals surface area contributed by atoms with Crippen molar-refractivity contribution in [1.82, 2.24) is 14.9 Å². The van der Waals surface area contributed by atoms with Crippen LogP contribution in [-0.2, 0) is 9.47 Å². The topological polar surface area (TPSA) is 133 Å². The molecule has 51 heavy (non-hydrogen) atoms. The third-order valence-corrected chi connectivity index (χ3v) is 9.83. The lowest BCUT2D eigenvalue weighted by Gasteiger charge is -2.40. The summed E-state index contributed by atoms with van der Waals surface area (Å²) in [5.74, 6) is -1.46. The summed E-state index contributed by atoms with van der Waals surface area (Å²) in [5, 5.41) is 23.7. The molecule has 4 aromatic rings. The number of thiophene rings is 1. The van der Waals surface area contributed by atoms with Gasteiger partial charge in [-0.2, -0.15) is 15.2 Å². The van der Waals surface area contributed by atoms with E-state index in [9.17, 15) is 23.9 Å². The van der Waals surface area contributed by atoms with Crippen molar-refractivity contribution in [2.45, 2.75) is 57.8 Å². The fraction of sp³-hybridized carbons (Fsp3) is 0.471. The van der Waals surface area contributed by atoms with E-state index in [1.807, 2.05) is 6.07 Å². The summed E-state index contributed by atoms with van der Waals surface area (Å²) in [6.45, 7) is 7.19. The summed E-state index contributed by atoms with van der Waals surface area (Å²) in [6, 6.07) is 5.28. The number of β-amino-alcohol motifs (C(OH)–C–C–N with tert-alkyl or cyclic N) is 1. The van der Waals surface area contributed by atoms with Crippen molar-refractivity contribution in [2.24, 2.45) is 0 Å². The van der Waals surface area contributed by atoms with E-state index in [-0.39, 0.29) is 98.5 Å². The number of likely N-dealkylation sites (tertiary alicyclic amines) is 1. The minimum atomic E-state index is -2.52. The molecule has 2 atom stereocenters. The predicted molar refractivity (Wildman–Crippen MR) is 185 cm³/mol. The maximum absolute atomic E-state index is 17.0. The molecule has 2 aliphatic rings. The van der Waals surface area contributed by atoms with Crippen LogP contribution in [0.3, 0.4) is 0 Å². The number of benzene rings is 2. The Morgan fingerprint density at radius 3 is 2.73 bits per heavy atom. The second kappa shape index (κ2) is 14.2. The average molecular weight is 751 g/mol. The summed E-state index contributed by atoms with van der Waals surface area (Å²) in [7, 11) is 0. The number of carbonyl (C=O) groups is 1. The molecule has 2 aliphatic heterocycles. The van der Waals surface area contributed by atoms with Crippen LogP contribution in [-0.4, -0.2) is 95.7 Å². The minimum Gasteiger partial charge on any atom is -0.462 e. The number of aliphatic hydroxyl groups is 1. The molecule has 0 spiro atoms. The number of anilines is 2. The number of amides is 1. The molecular formula is C34H35ClF4N6O5S. The molecule has 0 bridgehead atoms. The second-order valence-corrected chi connectivity index (χ2v) is 15.2. The molecule has 2 N–H and O–H groups in total. The minimum absolute atomic E-state index is 0.00182. The Morgan fingerprint density at radius 1 is 1.29 bits per heavy atom. The molecule has 4 heterocycles. The smallest absolute Gasteiger partial charge is 0.412 e. The van der Waals surface area contributed by atoms with Gasteiger partial charge >= 0.3 is 12.1 Å². The van der Waals surface area contributed by atoms with Gasteiger partial charge < -0.3 is 24.2 Å². The Labute approximate surface area is 299 Å². The Bertz CT molecular complexity index is 2030. The van der Waals surface area contributed by atoms with Gasteiger partial charge in [0.25, 0.3) is 6.43 Å². The number of nitriles is 1. The molecule has 1 amide bonds. The van der Waals surface area contributed by atoms with E-state index in [4.69, 9.17) is 25.8 Å². The van der Waals surface area contributed by atoms with Crippen LogP contribution >= 0.6 is 22.9 Å². The molecule has 17 heteroatoms. The van der Waals surface area contributed by atoms with E-state index in [1.165, 1.54) is 12.1 Å². The van der Waals surface area contributed by atoms with Gasteiger partial charge in [0, 0.05) is 35.5 Å². The molecule has 2 saturated heterocycles. The van der Waals surface area contributed by atoms with Crippen molar-refractivity contribution in [3.05, 3.63) is 40.4 Å². The van der Waals surface area contributed by atoms with Gasteiger partial charge in [-0.25, -0.2) is 22.4 Å². The molecule has 0 radical (unpaired) electrons. The lowest BCUT2D eigenvalue weighted by molar-refractivity contribution is -0.0123. The number of halogens is 5. The quantitative estimate of drug-likeness (QED) is 0.182. The zero-order valence-electron chi connectivity index (χ0n) is 28.2. The number of alkyl halides is 2. The average Bonchev–Trinajstić information content (AvgIpc) is 3.28. The Kier molecular flexibility index (Phi) is 10.2. The van der Waals surface area contributed by atoms with Gasteiger partial charge in [-0.15, -0.1) is 11.3 Å². The highest BCUT2D eigenvalue weighted by Gasteiger charge is 2.33. The van der Waals surface area contributed by atoms with Gasteiger partial charge in [0.1, 0.15) is 46.0 Å². The molecule has 0 aliphatic carbocycles. The van der Waals surface area contributed by atoms with Crippen molar-refractivity contribution < 1.29 is 41.7 Å². The number of nitrogens with zero attached hydrogens (tertiary/aromatic N) is 5. The molecule has 11 nitrogen and oxygen atoms in total. The maximum atomic E-state index is 17.0. The monoisotopic (exact) mass is 750 g/mol. The predicted octanol–water partition coefficient (Wildman–Crippen LogP) is 6.97. The van der Waals surface area contributed by atoms with E-state index < -0.39 is 41.9 Å². The van der Waals surface area contributed by atoms with Crippen LogP contribution in [0.1, 0.15) is 39.7 Å². The zero-order chi connectivity index (χ0) is 36.8. The number of hydrogen-bond donors (Lipinski definition) is 2. The van der Waals surface area contributed by atoms with Crippen molar-refractivity contribution >= 4 is 60.8 Å². The SMILES string of the molecule is CC1(O)COCCN(c2nc(OC[C@@H]3CCN3CC(F)F)nc3c(F)c(-c4ccc(F)c5sc(NC(=O)OC(C)(C)C)c(C#N)c45)c(Cl)cc23)C1. The van der Waals surface area contributed by atoms with E-state index in [0.29, 0.717) is 13.0 Å². The molecule has 1 unspecified atom stereocenters. The summed E-state index contributed by atoms with van der Waals surface area (Å²) in [4.78, 5) is 24.8. The van der Waals surface area contributed by atoms with Gasteiger partial charge in [-0.1, -0.05) is 17.7 Å². The standard InChI is InChI=1S/C34H35ClF4N6O5S/c1-33(2,3)50-32(46)43-30-20(12-40)24-18(5-6-22(36)28(24)51-30)25-21(35)11-19-27(26(25)39)41-31(49-14-17-7-8-44(17)13-23(37)38)42-29(19)45-9-10-48-16-34(4,47)15-45/h5-6,11,17,23,47H,7-10,13-16H2,1-4H3,(H,43,46)/t17-,34?/m0/s1. The molecular weight excluding hydrogens is 716 g/mol. The lowest BCUT2D eigenvalue weighted by Crippen LogP contribution is -2.52. The number of nitrogens with one attached hydrogen (secondary N) is 1. The van der Waals surface area contributed by atoms with Crippen LogP contribution in [0, 0.1) is 23.0 Å². The highest BCUT2D eigenvalue weighted by atomic mass is 35.5. The number of carbonyl (C=O) groups excluding carboxylic acids is 1. The third-order valence-electron chi connectivity index (χ3n) is 8.42. The van der Waals surface area contributed by atoms with E-state index in [0.717, 1.165) is 17.4 Å². The van der Waals surface area contributed by atoms with Crippen LogP contribution in [0.25, 0.3) is 32.1 Å². The summed E-state index contributed by atoms with van der Waals surface area (Å²) < 4.78 is 75.2. The summed E-state index contributed by atoms with van der Waals surface area (Å²) in [6.07, 6.45) is -2.77. The van der Waals surface area contributed by atoms with Crippen LogP contribution in [0.15, 0.2) is 18.2 Å². The Balaban J connectivity index is 1.49. The number of aromatic nitrogens is 2. The van der Waals surface area contributed by atoms with Crippen molar-refractivity contribution in [2.75, 3.05) is 56.2 Å². The number of fused-ring (bicyclic) bond motifs is 2. The van der Waals surface area contributed by atoms with Gasteiger partial charge in [0.2, 0.25) is 0 Å². The van der Waals surface area contributed by atoms with Crippen LogP contribution in [0.4, 0.5) is 33.2 Å². The first-order chi connectivity index (χ1) is 24.0. The second-order valence-electron chi connectivity index (χ2n) is 13.7. The van der Waals surface area contributed by atoms with Crippen molar-refractivity contribution in [1.29, 1.82) is 5.26 Å². The highest BCUT2D eigenvalue weighted by molar-refractivity contribution is 7.23. The fourth-order valence-electron chi connectivity index (χ4n) is 6.14. The molecule has 2 fully saturated rings.